The SMILES string of the molecule is C=C(C(=O)OCC)C1(O)C(=O)N(C)c2ccccc21. The average molecular weight is 261 g/mol. The topological polar surface area (TPSA) is 66.8 Å². The van der Waals surface area contributed by atoms with Crippen molar-refractivity contribution in [3.63, 3.8) is 0 Å². The highest BCUT2D eigenvalue weighted by molar-refractivity contribution is 6.13. The molecule has 5 heteroatoms. The molecule has 1 aliphatic heterocycles. The van der Waals surface area contributed by atoms with Gasteiger partial charge in [-0.15, -0.1) is 0 Å². The van der Waals surface area contributed by atoms with Crippen molar-refractivity contribution in [2.24, 2.45) is 0 Å². The molecule has 100 valence electrons. The third-order valence-corrected chi connectivity index (χ3v) is 3.23. The first-order valence-corrected chi connectivity index (χ1v) is 5.91. The molecule has 0 fully saturated rings. The fraction of sp³-hybridized carbons (Fsp3) is 0.286. The lowest BCUT2D eigenvalue weighted by Crippen LogP contribution is -2.42. The molecular weight excluding hydrogens is 246 g/mol. The van der Waals surface area contributed by atoms with E-state index >= 15 is 0 Å². The van der Waals surface area contributed by atoms with Gasteiger partial charge in [-0.1, -0.05) is 24.8 Å². The number of carbonyl (C=O) groups is 2. The second-order valence-electron chi connectivity index (χ2n) is 4.29. The number of fused-ring (bicyclic) bond motifs is 1. The van der Waals surface area contributed by atoms with Gasteiger partial charge in [-0.2, -0.15) is 0 Å². The molecule has 1 heterocycles. The number of para-hydroxylation sites is 1. The van der Waals surface area contributed by atoms with Gasteiger partial charge in [-0.05, 0) is 13.0 Å². The fourth-order valence-corrected chi connectivity index (χ4v) is 2.20. The lowest BCUT2D eigenvalue weighted by molar-refractivity contribution is -0.145. The van der Waals surface area contributed by atoms with Crippen molar-refractivity contribution in [2.75, 3.05) is 18.6 Å². The first-order valence-electron chi connectivity index (χ1n) is 5.91. The number of amides is 1. The van der Waals surface area contributed by atoms with Crippen molar-refractivity contribution in [3.8, 4) is 0 Å². The number of hydrogen-bond acceptors (Lipinski definition) is 4. The number of esters is 1. The van der Waals surface area contributed by atoms with E-state index in [1.165, 1.54) is 11.9 Å². The minimum absolute atomic E-state index is 0.152. The number of hydrogen-bond donors (Lipinski definition) is 1. The Balaban J connectivity index is 2.52. The van der Waals surface area contributed by atoms with Gasteiger partial charge in [0.15, 0.2) is 0 Å². The summed E-state index contributed by atoms with van der Waals surface area (Å²) in [5, 5.41) is 10.7. The van der Waals surface area contributed by atoms with Gasteiger partial charge in [0.1, 0.15) is 0 Å². The Morgan fingerprint density at radius 1 is 1.47 bits per heavy atom. The minimum Gasteiger partial charge on any atom is -0.463 e. The van der Waals surface area contributed by atoms with Crippen LogP contribution < -0.4 is 4.90 Å². The van der Waals surface area contributed by atoms with Crippen LogP contribution in [0.5, 0.6) is 0 Å². The first kappa shape index (κ1) is 13.3. The van der Waals surface area contributed by atoms with Crippen molar-refractivity contribution < 1.29 is 19.4 Å². The number of nitrogens with zero attached hydrogens (tertiary/aromatic N) is 1. The zero-order chi connectivity index (χ0) is 14.2. The third kappa shape index (κ3) is 1.74. The molecule has 0 saturated carbocycles. The Hall–Kier alpha value is -2.14. The van der Waals surface area contributed by atoms with E-state index in [1.807, 2.05) is 0 Å². The van der Waals surface area contributed by atoms with Crippen LogP contribution in [0.2, 0.25) is 0 Å². The number of aliphatic hydroxyl groups is 1. The predicted molar refractivity (Wildman–Crippen MR) is 69.5 cm³/mol. The second kappa shape index (κ2) is 4.51. The molecule has 19 heavy (non-hydrogen) atoms. The van der Waals surface area contributed by atoms with Gasteiger partial charge < -0.3 is 14.7 Å². The summed E-state index contributed by atoms with van der Waals surface area (Å²) < 4.78 is 4.81. The average Bonchev–Trinajstić information content (AvgIpc) is 2.62. The van der Waals surface area contributed by atoms with E-state index in [0.717, 1.165) is 0 Å². The Morgan fingerprint density at radius 3 is 2.74 bits per heavy atom. The molecule has 1 unspecified atom stereocenters. The molecule has 0 bridgehead atoms. The van der Waals surface area contributed by atoms with Gasteiger partial charge >= 0.3 is 5.97 Å². The summed E-state index contributed by atoms with van der Waals surface area (Å²) in [6.45, 7) is 5.34. The molecule has 1 aromatic rings. The number of ether oxygens (including phenoxy) is 1. The van der Waals surface area contributed by atoms with Crippen molar-refractivity contribution >= 4 is 17.6 Å². The van der Waals surface area contributed by atoms with Crippen LogP contribution in [0.25, 0.3) is 0 Å². The van der Waals surface area contributed by atoms with Crippen LogP contribution in [-0.4, -0.2) is 30.6 Å². The van der Waals surface area contributed by atoms with E-state index < -0.39 is 17.5 Å². The summed E-state index contributed by atoms with van der Waals surface area (Å²) in [5.41, 5.74) is -1.41. The molecule has 1 amide bonds. The Bertz CT molecular complexity index is 566. The summed E-state index contributed by atoms with van der Waals surface area (Å²) in [7, 11) is 1.54. The van der Waals surface area contributed by atoms with Gasteiger partial charge in [0.25, 0.3) is 5.91 Å². The molecule has 0 radical (unpaired) electrons. The van der Waals surface area contributed by atoms with Crippen LogP contribution in [0.3, 0.4) is 0 Å². The van der Waals surface area contributed by atoms with Crippen LogP contribution in [-0.2, 0) is 19.9 Å². The van der Waals surface area contributed by atoms with Gasteiger partial charge in [-0.3, -0.25) is 4.79 Å². The molecule has 1 atom stereocenters. The summed E-state index contributed by atoms with van der Waals surface area (Å²) in [6, 6.07) is 6.74. The normalized spacial score (nSPS) is 21.2. The highest BCUT2D eigenvalue weighted by Crippen LogP contribution is 2.43. The lowest BCUT2D eigenvalue weighted by atomic mass is 9.88. The molecular formula is C14H15NO4. The second-order valence-corrected chi connectivity index (χ2v) is 4.29. The molecule has 5 nitrogen and oxygen atoms in total. The van der Waals surface area contributed by atoms with Crippen LogP contribution in [0.4, 0.5) is 5.69 Å². The molecule has 0 aromatic heterocycles. The summed E-state index contributed by atoms with van der Waals surface area (Å²) in [4.78, 5) is 25.3. The van der Waals surface area contributed by atoms with E-state index in [0.29, 0.717) is 11.3 Å². The summed E-state index contributed by atoms with van der Waals surface area (Å²) in [6.07, 6.45) is 0. The Kier molecular flexibility index (Phi) is 3.16. The summed E-state index contributed by atoms with van der Waals surface area (Å²) >= 11 is 0. The fourth-order valence-electron chi connectivity index (χ4n) is 2.20. The molecule has 1 N–H and O–H groups in total. The van der Waals surface area contributed by atoms with Gasteiger partial charge in [0.2, 0.25) is 5.60 Å². The zero-order valence-corrected chi connectivity index (χ0v) is 10.8. The smallest absolute Gasteiger partial charge is 0.337 e. The largest absolute Gasteiger partial charge is 0.463 e. The molecule has 0 saturated heterocycles. The van der Waals surface area contributed by atoms with Crippen LogP contribution >= 0.6 is 0 Å². The van der Waals surface area contributed by atoms with Crippen molar-refractivity contribution in [3.05, 3.63) is 42.0 Å². The summed E-state index contributed by atoms with van der Waals surface area (Å²) in [5.74, 6) is -1.38. The van der Waals surface area contributed by atoms with Crippen LogP contribution in [0, 0.1) is 0 Å². The van der Waals surface area contributed by atoms with Gasteiger partial charge in [-0.25, -0.2) is 4.79 Å². The van der Waals surface area contributed by atoms with Gasteiger partial charge in [0.05, 0.1) is 17.9 Å². The molecule has 2 rings (SSSR count). The maximum atomic E-state index is 12.2. The predicted octanol–water partition coefficient (Wildman–Crippen LogP) is 0.970. The van der Waals surface area contributed by atoms with E-state index in [1.54, 1.807) is 31.2 Å². The van der Waals surface area contributed by atoms with Crippen LogP contribution in [0.1, 0.15) is 12.5 Å². The molecule has 1 aromatic carbocycles. The minimum atomic E-state index is -2.04. The molecule has 1 aliphatic rings. The van der Waals surface area contributed by atoms with Crippen molar-refractivity contribution in [2.45, 2.75) is 12.5 Å². The van der Waals surface area contributed by atoms with Crippen molar-refractivity contribution in [1.29, 1.82) is 0 Å². The first-order chi connectivity index (χ1) is 8.94. The van der Waals surface area contributed by atoms with E-state index in [-0.39, 0.29) is 12.2 Å². The number of benzene rings is 1. The highest BCUT2D eigenvalue weighted by Gasteiger charge is 2.52. The van der Waals surface area contributed by atoms with Crippen LogP contribution in [0.15, 0.2) is 36.4 Å². The Morgan fingerprint density at radius 2 is 2.11 bits per heavy atom. The van der Waals surface area contributed by atoms with E-state index in [4.69, 9.17) is 4.74 Å². The van der Waals surface area contributed by atoms with Crippen molar-refractivity contribution in [1.82, 2.24) is 0 Å². The number of carbonyl (C=O) groups excluding carboxylic acids is 2. The Labute approximate surface area is 111 Å². The third-order valence-electron chi connectivity index (χ3n) is 3.23. The maximum absolute atomic E-state index is 12.2. The lowest BCUT2D eigenvalue weighted by Gasteiger charge is -2.22. The monoisotopic (exact) mass is 261 g/mol. The maximum Gasteiger partial charge on any atom is 0.337 e. The molecule has 0 spiro atoms. The van der Waals surface area contributed by atoms with E-state index in [9.17, 15) is 14.7 Å². The van der Waals surface area contributed by atoms with E-state index in [2.05, 4.69) is 6.58 Å². The number of likely N-dealkylation sites (N-methyl/N-ethyl adjacent to an activating group) is 1. The standard InChI is InChI=1S/C14H15NO4/c1-4-19-12(16)9(2)14(18)10-7-5-6-8-11(10)15(3)13(14)17/h5-8,18H,2,4H2,1,3H3. The molecule has 0 aliphatic carbocycles. The zero-order valence-electron chi connectivity index (χ0n) is 10.8. The number of rotatable bonds is 3. The number of anilines is 1. The quantitative estimate of drug-likeness (QED) is 0.650. The van der Waals surface area contributed by atoms with Gasteiger partial charge in [0, 0.05) is 12.6 Å². The highest BCUT2D eigenvalue weighted by atomic mass is 16.5.